The van der Waals surface area contributed by atoms with Crippen molar-refractivity contribution in [2.75, 3.05) is 24.5 Å². The van der Waals surface area contributed by atoms with E-state index < -0.39 is 23.9 Å². The van der Waals surface area contributed by atoms with Gasteiger partial charge in [-0.25, -0.2) is 4.79 Å². The van der Waals surface area contributed by atoms with E-state index in [0.29, 0.717) is 5.92 Å². The monoisotopic (exact) mass is 465 g/mol. The van der Waals surface area contributed by atoms with E-state index in [1.54, 1.807) is 0 Å². The minimum Gasteiger partial charge on any atom is -0.475 e. The number of anilines is 1. The van der Waals surface area contributed by atoms with E-state index in [9.17, 15) is 26.3 Å². The third-order valence-electron chi connectivity index (χ3n) is 5.11. The standard InChI is InChI=1S/C19H24F3N3.C2HF3O2/c1-14-3-2-12-25(17-6-4-16(5-7-17)19(20,21)22)18(14)24-13-15-8-10-23-11-9-15;3-2(4,5)1(6)7/h2-7,12,15,18,23-24H,8-11,13H2,1H3;(H,6,7). The molecule has 3 N–H and O–H groups in total. The van der Waals surface area contributed by atoms with Crippen LogP contribution in [0.1, 0.15) is 25.3 Å². The zero-order chi connectivity index (χ0) is 23.9. The molecule has 0 aromatic heterocycles. The molecule has 0 saturated carbocycles. The molecular formula is C21H25F6N3O2. The average Bonchev–Trinajstić information content (AvgIpc) is 2.73. The SMILES string of the molecule is CC1=CC=CN(c2ccc(C(F)(F)F)cc2)C1NCC1CCNCC1.O=C(O)C(F)(F)F. The van der Waals surface area contributed by atoms with Crippen molar-refractivity contribution in [2.24, 2.45) is 5.92 Å². The summed E-state index contributed by atoms with van der Waals surface area (Å²) < 4.78 is 70.1. The Kier molecular flexibility index (Phi) is 8.73. The molecule has 178 valence electrons. The number of alkyl halides is 6. The first-order chi connectivity index (χ1) is 14.9. The third-order valence-corrected chi connectivity index (χ3v) is 5.11. The van der Waals surface area contributed by atoms with Gasteiger partial charge in [-0.3, -0.25) is 5.32 Å². The van der Waals surface area contributed by atoms with Crippen LogP contribution < -0.4 is 15.5 Å². The van der Waals surface area contributed by atoms with Gasteiger partial charge < -0.3 is 15.3 Å². The molecule has 0 aliphatic carbocycles. The zero-order valence-electron chi connectivity index (χ0n) is 17.3. The molecular weight excluding hydrogens is 440 g/mol. The number of carboxylic acid groups (broad SMARTS) is 1. The highest BCUT2D eigenvalue weighted by atomic mass is 19.4. The van der Waals surface area contributed by atoms with Gasteiger partial charge in [-0.1, -0.05) is 6.08 Å². The normalized spacial score (nSPS) is 19.8. The van der Waals surface area contributed by atoms with E-state index in [-0.39, 0.29) is 6.17 Å². The summed E-state index contributed by atoms with van der Waals surface area (Å²) >= 11 is 0. The van der Waals surface area contributed by atoms with E-state index in [1.807, 2.05) is 30.2 Å². The number of rotatable bonds is 4. The van der Waals surface area contributed by atoms with Crippen molar-refractivity contribution >= 4 is 11.7 Å². The van der Waals surface area contributed by atoms with E-state index in [0.717, 1.165) is 55.9 Å². The van der Waals surface area contributed by atoms with Crippen molar-refractivity contribution in [2.45, 2.75) is 38.3 Å². The first kappa shape index (κ1) is 25.7. The molecule has 1 aromatic carbocycles. The van der Waals surface area contributed by atoms with E-state index >= 15 is 0 Å². The summed E-state index contributed by atoms with van der Waals surface area (Å²) in [5, 5.41) is 14.1. The van der Waals surface area contributed by atoms with Crippen LogP contribution in [-0.4, -0.2) is 43.1 Å². The molecule has 2 heterocycles. The van der Waals surface area contributed by atoms with Gasteiger partial charge in [0.2, 0.25) is 0 Å². The predicted octanol–water partition coefficient (Wildman–Crippen LogP) is 4.53. The molecule has 0 radical (unpaired) electrons. The highest BCUT2D eigenvalue weighted by Crippen LogP contribution is 2.32. The van der Waals surface area contributed by atoms with Gasteiger partial charge >= 0.3 is 18.3 Å². The molecule has 5 nitrogen and oxygen atoms in total. The highest BCUT2D eigenvalue weighted by Gasteiger charge is 2.38. The van der Waals surface area contributed by atoms with E-state index in [1.165, 1.54) is 12.1 Å². The quantitative estimate of drug-likeness (QED) is 0.571. The van der Waals surface area contributed by atoms with Crippen molar-refractivity contribution in [3.8, 4) is 0 Å². The predicted molar refractivity (Wildman–Crippen MR) is 108 cm³/mol. The third kappa shape index (κ3) is 7.56. The summed E-state index contributed by atoms with van der Waals surface area (Å²) in [4.78, 5) is 10.9. The summed E-state index contributed by atoms with van der Waals surface area (Å²) in [6.45, 7) is 5.05. The van der Waals surface area contributed by atoms with Crippen molar-refractivity contribution in [1.29, 1.82) is 0 Å². The second-order valence-electron chi connectivity index (χ2n) is 7.51. The summed E-state index contributed by atoms with van der Waals surface area (Å²) in [6, 6.07) is 5.34. The number of carbonyl (C=O) groups is 1. The Labute approximate surface area is 181 Å². The maximum atomic E-state index is 12.8. The summed E-state index contributed by atoms with van der Waals surface area (Å²) in [7, 11) is 0. The lowest BCUT2D eigenvalue weighted by atomic mass is 9.97. The summed E-state index contributed by atoms with van der Waals surface area (Å²) in [6.07, 6.45) is -1.24. The van der Waals surface area contributed by atoms with Crippen LogP contribution in [0, 0.1) is 5.92 Å². The van der Waals surface area contributed by atoms with E-state index in [2.05, 4.69) is 10.6 Å². The molecule has 0 spiro atoms. The molecule has 1 saturated heterocycles. The molecule has 1 unspecified atom stereocenters. The van der Waals surface area contributed by atoms with Gasteiger partial charge in [-0.05, 0) is 74.7 Å². The molecule has 1 atom stereocenters. The van der Waals surface area contributed by atoms with Crippen LogP contribution in [0.5, 0.6) is 0 Å². The topological polar surface area (TPSA) is 64.6 Å². The zero-order valence-corrected chi connectivity index (χ0v) is 17.3. The second kappa shape index (κ2) is 10.9. The molecule has 2 aliphatic heterocycles. The van der Waals surface area contributed by atoms with Crippen LogP contribution in [0.3, 0.4) is 0 Å². The Hall–Kier alpha value is -2.53. The van der Waals surface area contributed by atoms with Crippen LogP contribution in [0.25, 0.3) is 0 Å². The minimum absolute atomic E-state index is 0.0309. The lowest BCUT2D eigenvalue weighted by molar-refractivity contribution is -0.192. The molecule has 2 aliphatic rings. The number of carboxylic acids is 1. The van der Waals surface area contributed by atoms with Gasteiger partial charge in [0.15, 0.2) is 0 Å². The molecule has 3 rings (SSSR count). The molecule has 11 heteroatoms. The van der Waals surface area contributed by atoms with E-state index in [4.69, 9.17) is 9.90 Å². The molecule has 0 bridgehead atoms. The lowest BCUT2D eigenvalue weighted by Crippen LogP contribution is -2.47. The van der Waals surface area contributed by atoms with Crippen molar-refractivity contribution in [3.05, 3.63) is 53.8 Å². The maximum Gasteiger partial charge on any atom is 0.490 e. The average molecular weight is 465 g/mol. The van der Waals surface area contributed by atoms with Crippen molar-refractivity contribution in [3.63, 3.8) is 0 Å². The Balaban J connectivity index is 0.000000451. The fourth-order valence-corrected chi connectivity index (χ4v) is 3.37. The smallest absolute Gasteiger partial charge is 0.475 e. The fourth-order valence-electron chi connectivity index (χ4n) is 3.37. The van der Waals surface area contributed by atoms with Crippen molar-refractivity contribution < 1.29 is 36.2 Å². The minimum atomic E-state index is -5.08. The highest BCUT2D eigenvalue weighted by molar-refractivity contribution is 5.73. The maximum absolute atomic E-state index is 12.8. The molecule has 1 aromatic rings. The second-order valence-corrected chi connectivity index (χ2v) is 7.51. The van der Waals surface area contributed by atoms with Gasteiger partial charge in [0.25, 0.3) is 0 Å². The van der Waals surface area contributed by atoms with Crippen LogP contribution >= 0.6 is 0 Å². The summed E-state index contributed by atoms with van der Waals surface area (Å²) in [5.41, 5.74) is 1.28. The van der Waals surface area contributed by atoms with Crippen LogP contribution in [-0.2, 0) is 11.0 Å². The number of nitrogens with zero attached hydrogens (tertiary/aromatic N) is 1. The number of allylic oxidation sites excluding steroid dienone is 2. The molecule has 0 amide bonds. The van der Waals surface area contributed by atoms with Crippen LogP contribution in [0.4, 0.5) is 32.0 Å². The first-order valence-corrected chi connectivity index (χ1v) is 9.94. The van der Waals surface area contributed by atoms with Gasteiger partial charge in [0.1, 0.15) is 6.17 Å². The molecule has 32 heavy (non-hydrogen) atoms. The number of aliphatic carboxylic acids is 1. The van der Waals surface area contributed by atoms with Gasteiger partial charge in [0.05, 0.1) is 5.56 Å². The Morgan fingerprint density at radius 3 is 2.19 bits per heavy atom. The Morgan fingerprint density at radius 1 is 1.12 bits per heavy atom. The van der Waals surface area contributed by atoms with Crippen LogP contribution in [0.15, 0.2) is 48.2 Å². The number of benzene rings is 1. The van der Waals surface area contributed by atoms with Gasteiger partial charge in [-0.2, -0.15) is 26.3 Å². The molecule has 1 fully saturated rings. The van der Waals surface area contributed by atoms with Gasteiger partial charge in [0, 0.05) is 18.4 Å². The number of nitrogens with one attached hydrogen (secondary N) is 2. The fraction of sp³-hybridized carbons (Fsp3) is 0.476. The van der Waals surface area contributed by atoms with Gasteiger partial charge in [-0.15, -0.1) is 0 Å². The number of hydrogen-bond donors (Lipinski definition) is 3. The lowest BCUT2D eigenvalue weighted by Gasteiger charge is -2.36. The Bertz CT molecular complexity index is 812. The first-order valence-electron chi connectivity index (χ1n) is 9.94. The van der Waals surface area contributed by atoms with Crippen LogP contribution in [0.2, 0.25) is 0 Å². The largest absolute Gasteiger partial charge is 0.490 e. The number of halogens is 6. The number of hydrogen-bond acceptors (Lipinski definition) is 4. The number of piperidine rings is 1. The summed E-state index contributed by atoms with van der Waals surface area (Å²) in [5.74, 6) is -2.12. The Morgan fingerprint density at radius 2 is 1.69 bits per heavy atom. The van der Waals surface area contributed by atoms with Crippen molar-refractivity contribution in [1.82, 2.24) is 10.6 Å².